The fraction of sp³-hybridized carbons (Fsp3) is 0.773. The molecular formula is C22H43N2O2Ti. The Kier molecular flexibility index (Phi) is 19.3. The summed E-state index contributed by atoms with van der Waals surface area (Å²) in [6, 6.07) is 1.29. The van der Waals surface area contributed by atoms with Gasteiger partial charge in [0.15, 0.2) is 5.91 Å². The van der Waals surface area contributed by atoms with E-state index >= 15 is 0 Å². The van der Waals surface area contributed by atoms with Crippen molar-refractivity contribution in [1.82, 2.24) is 10.6 Å². The van der Waals surface area contributed by atoms with E-state index in [4.69, 9.17) is 0 Å². The number of nitrogens with one attached hydrogen (secondary N) is 2. The second-order valence-electron chi connectivity index (χ2n) is 7.50. The Labute approximate surface area is 184 Å². The van der Waals surface area contributed by atoms with E-state index in [9.17, 15) is 9.59 Å². The van der Waals surface area contributed by atoms with Crippen LogP contribution in [0, 0.1) is 26.3 Å². The molecule has 1 fully saturated rings. The molecule has 0 bridgehead atoms. The Bertz CT molecular complexity index is 366. The standard InChI is InChI=1S/C20H37N2O2.2CH3.Ti/c1-5-9-18(23)21-16-13-17(22-19(24)10-6-2)15-20(14-16,11-7-3)12-8-4;;;/h16H,5-15H2,1-4H3,(H,21,23)(H,22,24);2*1H3;/q3*-1;+3. The first kappa shape index (κ1) is 31.4. The molecule has 1 rings (SSSR count). The van der Waals surface area contributed by atoms with Crippen LogP contribution >= 0.6 is 0 Å². The summed E-state index contributed by atoms with van der Waals surface area (Å²) in [4.78, 5) is 24.1. The number of rotatable bonds is 10. The Morgan fingerprint density at radius 3 is 1.93 bits per heavy atom. The predicted octanol–water partition coefficient (Wildman–Crippen LogP) is 5.39. The molecule has 0 heterocycles. The molecule has 0 saturated heterocycles. The van der Waals surface area contributed by atoms with E-state index in [0.29, 0.717) is 12.8 Å². The van der Waals surface area contributed by atoms with Crippen molar-refractivity contribution < 1.29 is 31.3 Å². The molecule has 2 amide bonds. The summed E-state index contributed by atoms with van der Waals surface area (Å²) in [5.74, 6) is 0.264. The Balaban J connectivity index is -0.00000192. The molecular weight excluding hydrogens is 372 g/mol. The van der Waals surface area contributed by atoms with Gasteiger partial charge in [-0.3, -0.25) is 9.59 Å². The molecule has 4 nitrogen and oxygen atoms in total. The summed E-state index contributed by atoms with van der Waals surface area (Å²) in [7, 11) is 0. The summed E-state index contributed by atoms with van der Waals surface area (Å²) in [6.45, 7) is 8.51. The van der Waals surface area contributed by atoms with Gasteiger partial charge in [-0.1, -0.05) is 58.8 Å². The van der Waals surface area contributed by atoms with E-state index < -0.39 is 0 Å². The van der Waals surface area contributed by atoms with E-state index in [1.807, 2.05) is 13.8 Å². The van der Waals surface area contributed by atoms with Crippen LogP contribution in [0.5, 0.6) is 0 Å². The van der Waals surface area contributed by atoms with Gasteiger partial charge in [0.05, 0.1) is 0 Å². The van der Waals surface area contributed by atoms with Gasteiger partial charge in [0.2, 0.25) is 5.91 Å². The molecule has 1 atom stereocenters. The fourth-order valence-electron chi connectivity index (χ4n) is 4.27. The molecule has 0 aliphatic heterocycles. The van der Waals surface area contributed by atoms with E-state index in [0.717, 1.165) is 63.8 Å². The summed E-state index contributed by atoms with van der Waals surface area (Å²) < 4.78 is 0. The van der Waals surface area contributed by atoms with Crippen LogP contribution in [0.15, 0.2) is 0 Å². The second-order valence-corrected chi connectivity index (χ2v) is 7.50. The van der Waals surface area contributed by atoms with Crippen LogP contribution < -0.4 is 10.6 Å². The van der Waals surface area contributed by atoms with Crippen LogP contribution in [0.4, 0.5) is 0 Å². The summed E-state index contributed by atoms with van der Waals surface area (Å²) in [5, 5.41) is 6.37. The van der Waals surface area contributed by atoms with Crippen molar-refractivity contribution in [3.8, 4) is 0 Å². The quantitative estimate of drug-likeness (QED) is 0.371. The molecule has 0 aromatic rings. The maximum absolute atomic E-state index is 12.1. The van der Waals surface area contributed by atoms with Crippen LogP contribution in [0.3, 0.4) is 0 Å². The number of amides is 2. The van der Waals surface area contributed by atoms with Gasteiger partial charge in [-0.25, -0.2) is 6.04 Å². The number of hydrogen-bond donors (Lipinski definition) is 2. The molecule has 0 aromatic carbocycles. The van der Waals surface area contributed by atoms with Crippen molar-refractivity contribution in [1.29, 1.82) is 0 Å². The Morgan fingerprint density at radius 2 is 1.44 bits per heavy atom. The van der Waals surface area contributed by atoms with Gasteiger partial charge in [0, 0.05) is 18.9 Å². The zero-order valence-electron chi connectivity index (χ0n) is 18.7. The van der Waals surface area contributed by atoms with Gasteiger partial charge >= 0.3 is 21.7 Å². The van der Waals surface area contributed by atoms with Gasteiger partial charge in [-0.05, 0) is 19.3 Å². The van der Waals surface area contributed by atoms with Crippen LogP contribution in [0.2, 0.25) is 0 Å². The maximum Gasteiger partial charge on any atom is 3.00 e. The number of carbonyl (C=O) groups excluding carboxylic acids is 2. The maximum atomic E-state index is 12.1. The third kappa shape index (κ3) is 11.3. The van der Waals surface area contributed by atoms with Crippen molar-refractivity contribution in [2.24, 2.45) is 5.41 Å². The molecule has 0 spiro atoms. The van der Waals surface area contributed by atoms with Gasteiger partial charge < -0.3 is 25.5 Å². The zero-order chi connectivity index (χ0) is 18.0. The van der Waals surface area contributed by atoms with Gasteiger partial charge in [-0.2, -0.15) is 6.42 Å². The van der Waals surface area contributed by atoms with Crippen LogP contribution in [0.1, 0.15) is 98.3 Å². The normalized spacial score (nSPS) is 18.3. The van der Waals surface area contributed by atoms with Crippen molar-refractivity contribution in [2.45, 2.75) is 104 Å². The van der Waals surface area contributed by atoms with E-state index in [-0.39, 0.29) is 59.8 Å². The van der Waals surface area contributed by atoms with E-state index in [1.54, 1.807) is 0 Å². The third-order valence-electron chi connectivity index (χ3n) is 4.96. The average molecular weight is 415 g/mol. The topological polar surface area (TPSA) is 58.2 Å². The number of hydrogen-bond acceptors (Lipinski definition) is 2. The minimum atomic E-state index is 0. The van der Waals surface area contributed by atoms with Gasteiger partial charge in [0.25, 0.3) is 0 Å². The van der Waals surface area contributed by atoms with Crippen molar-refractivity contribution in [3.63, 3.8) is 0 Å². The number of carbonyl (C=O) groups is 2. The molecule has 1 aliphatic rings. The van der Waals surface area contributed by atoms with Crippen molar-refractivity contribution >= 4 is 11.8 Å². The van der Waals surface area contributed by atoms with Crippen LogP contribution in [0.25, 0.3) is 0 Å². The molecule has 1 unspecified atom stereocenters. The van der Waals surface area contributed by atoms with E-state index in [1.165, 1.54) is 0 Å². The molecule has 1 radical (unpaired) electrons. The second kappa shape index (κ2) is 16.6. The first-order valence-electron chi connectivity index (χ1n) is 9.92. The molecule has 1 aliphatic carbocycles. The molecule has 157 valence electrons. The van der Waals surface area contributed by atoms with Crippen LogP contribution in [-0.2, 0) is 31.3 Å². The minimum Gasteiger partial charge on any atom is -0.503 e. The van der Waals surface area contributed by atoms with Crippen LogP contribution in [-0.4, -0.2) is 17.9 Å². The first-order valence-corrected chi connectivity index (χ1v) is 9.92. The van der Waals surface area contributed by atoms with Crippen molar-refractivity contribution in [3.05, 3.63) is 20.9 Å². The van der Waals surface area contributed by atoms with Gasteiger partial charge in [-0.15, -0.1) is 6.42 Å². The van der Waals surface area contributed by atoms with Gasteiger partial charge in [0.1, 0.15) is 0 Å². The largest absolute Gasteiger partial charge is 3.00 e. The molecule has 27 heavy (non-hydrogen) atoms. The molecule has 0 aromatic heterocycles. The predicted molar refractivity (Wildman–Crippen MR) is 112 cm³/mol. The monoisotopic (exact) mass is 415 g/mol. The fourth-order valence-corrected chi connectivity index (χ4v) is 4.27. The minimum absolute atomic E-state index is 0. The Hall–Kier alpha value is -0.346. The third-order valence-corrected chi connectivity index (χ3v) is 4.96. The zero-order valence-corrected chi connectivity index (χ0v) is 20.2. The summed E-state index contributed by atoms with van der Waals surface area (Å²) in [5.41, 5.74) is 0.223. The molecule has 5 heteroatoms. The summed E-state index contributed by atoms with van der Waals surface area (Å²) in [6.07, 6.45) is 10.3. The molecule has 2 N–H and O–H groups in total. The summed E-state index contributed by atoms with van der Waals surface area (Å²) >= 11 is 0. The van der Waals surface area contributed by atoms with Crippen molar-refractivity contribution in [2.75, 3.05) is 0 Å². The average Bonchev–Trinajstić information content (AvgIpc) is 2.47. The smallest absolute Gasteiger partial charge is 0.503 e. The SMILES string of the molecule is CCCC(=O)N[C-]1CC(NC(=O)CCC)CC(CCC)(CCC)C1.[CH3-].[CH3-].[Ti+3]. The molecule has 1 saturated carbocycles. The Morgan fingerprint density at radius 1 is 0.926 bits per heavy atom. The first-order chi connectivity index (χ1) is 11.5. The van der Waals surface area contributed by atoms with E-state index in [2.05, 4.69) is 24.5 Å².